The van der Waals surface area contributed by atoms with Crippen molar-refractivity contribution in [3.8, 4) is 0 Å². The first-order valence-electron chi connectivity index (χ1n) is 5.70. The van der Waals surface area contributed by atoms with E-state index in [9.17, 15) is 4.79 Å². The van der Waals surface area contributed by atoms with Crippen molar-refractivity contribution in [2.24, 2.45) is 0 Å². The molecule has 2 rings (SSSR count). The lowest BCUT2D eigenvalue weighted by Crippen LogP contribution is -1.93. The van der Waals surface area contributed by atoms with E-state index in [1.807, 2.05) is 49.4 Å². The maximum absolute atomic E-state index is 11.9. The number of carbonyl (C=O) groups is 1. The molecule has 90 valence electrons. The number of allylic oxidation sites excluding steroid dienone is 1. The van der Waals surface area contributed by atoms with Crippen molar-refractivity contribution in [1.82, 2.24) is 0 Å². The lowest BCUT2D eigenvalue weighted by molar-refractivity contribution is 0.104. The molecule has 0 aliphatic rings. The van der Waals surface area contributed by atoms with Crippen LogP contribution in [0, 0.1) is 6.92 Å². The highest BCUT2D eigenvalue weighted by Crippen LogP contribution is 2.12. The molecule has 0 aromatic heterocycles. The van der Waals surface area contributed by atoms with Crippen molar-refractivity contribution in [3.05, 3.63) is 76.3 Å². The molecule has 0 aliphatic heterocycles. The first-order chi connectivity index (χ1) is 8.65. The van der Waals surface area contributed by atoms with Crippen LogP contribution in [0.25, 0.3) is 6.08 Å². The third-order valence-corrected chi connectivity index (χ3v) is 2.85. The molecule has 0 fully saturated rings. The highest BCUT2D eigenvalue weighted by atomic mass is 35.5. The second-order valence-corrected chi connectivity index (χ2v) is 4.56. The second-order valence-electron chi connectivity index (χ2n) is 4.12. The first-order valence-corrected chi connectivity index (χ1v) is 6.07. The number of halogens is 1. The topological polar surface area (TPSA) is 17.1 Å². The lowest BCUT2D eigenvalue weighted by atomic mass is 10.1. The summed E-state index contributed by atoms with van der Waals surface area (Å²) in [5, 5.41) is 0.667. The minimum atomic E-state index is -0.00465. The fraction of sp³-hybridized carbons (Fsp3) is 0.0625. The van der Waals surface area contributed by atoms with Crippen LogP contribution in [-0.2, 0) is 0 Å². The quantitative estimate of drug-likeness (QED) is 0.582. The monoisotopic (exact) mass is 256 g/mol. The highest BCUT2D eigenvalue weighted by molar-refractivity contribution is 6.30. The summed E-state index contributed by atoms with van der Waals surface area (Å²) in [5.74, 6) is -0.00465. The molecule has 2 heteroatoms. The van der Waals surface area contributed by atoms with E-state index >= 15 is 0 Å². The van der Waals surface area contributed by atoms with E-state index in [2.05, 4.69) is 0 Å². The van der Waals surface area contributed by atoms with Gasteiger partial charge in [-0.25, -0.2) is 0 Å². The van der Waals surface area contributed by atoms with Gasteiger partial charge in [0.1, 0.15) is 0 Å². The van der Waals surface area contributed by atoms with Crippen molar-refractivity contribution in [1.29, 1.82) is 0 Å². The Hall–Kier alpha value is -1.86. The molecule has 0 N–H and O–H groups in total. The molecule has 1 nitrogen and oxygen atoms in total. The molecule has 0 unspecified atom stereocenters. The Bertz CT molecular complexity index is 582. The summed E-state index contributed by atoms with van der Waals surface area (Å²) in [6, 6.07) is 14.9. The molecule has 0 radical (unpaired) electrons. The van der Waals surface area contributed by atoms with Crippen molar-refractivity contribution in [3.63, 3.8) is 0 Å². The summed E-state index contributed by atoms with van der Waals surface area (Å²) in [4.78, 5) is 11.9. The van der Waals surface area contributed by atoms with E-state index < -0.39 is 0 Å². The summed E-state index contributed by atoms with van der Waals surface area (Å²) in [6.07, 6.45) is 3.34. The van der Waals surface area contributed by atoms with Crippen LogP contribution in [0.3, 0.4) is 0 Å². The molecule has 0 atom stereocenters. The van der Waals surface area contributed by atoms with Gasteiger partial charge in [-0.15, -0.1) is 0 Å². The number of hydrogen-bond donors (Lipinski definition) is 0. The maximum Gasteiger partial charge on any atom is 0.185 e. The van der Waals surface area contributed by atoms with Crippen LogP contribution in [0.5, 0.6) is 0 Å². The van der Waals surface area contributed by atoms with Crippen LogP contribution in [0.15, 0.2) is 54.6 Å². The van der Waals surface area contributed by atoms with E-state index in [1.165, 1.54) is 0 Å². The maximum atomic E-state index is 11.9. The fourth-order valence-electron chi connectivity index (χ4n) is 1.60. The Balaban J connectivity index is 2.14. The fourth-order valence-corrected chi connectivity index (χ4v) is 1.79. The first kappa shape index (κ1) is 12.6. The van der Waals surface area contributed by atoms with Gasteiger partial charge in [-0.3, -0.25) is 4.79 Å². The van der Waals surface area contributed by atoms with E-state index in [0.717, 1.165) is 11.1 Å². The van der Waals surface area contributed by atoms with Crippen LogP contribution < -0.4 is 0 Å². The molecular formula is C16H13ClO. The molecule has 0 amide bonds. The van der Waals surface area contributed by atoms with Crippen LogP contribution in [0.4, 0.5) is 0 Å². The van der Waals surface area contributed by atoms with Crippen molar-refractivity contribution in [2.75, 3.05) is 0 Å². The average Bonchev–Trinajstić information content (AvgIpc) is 2.37. The van der Waals surface area contributed by atoms with Gasteiger partial charge in [-0.05, 0) is 30.7 Å². The zero-order valence-electron chi connectivity index (χ0n) is 10.1. The highest BCUT2D eigenvalue weighted by Gasteiger charge is 2.00. The summed E-state index contributed by atoms with van der Waals surface area (Å²) < 4.78 is 0. The Labute approximate surface area is 112 Å². The van der Waals surface area contributed by atoms with Gasteiger partial charge in [0.15, 0.2) is 5.78 Å². The number of aryl methyl sites for hydroxylation is 1. The van der Waals surface area contributed by atoms with Gasteiger partial charge in [0.05, 0.1) is 0 Å². The third kappa shape index (κ3) is 3.31. The van der Waals surface area contributed by atoms with Crippen LogP contribution in [-0.4, -0.2) is 5.78 Å². The van der Waals surface area contributed by atoms with Crippen LogP contribution in [0.1, 0.15) is 21.5 Å². The number of carbonyl (C=O) groups excluding carboxylic acids is 1. The van der Waals surface area contributed by atoms with Crippen molar-refractivity contribution >= 4 is 23.5 Å². The summed E-state index contributed by atoms with van der Waals surface area (Å²) in [7, 11) is 0. The zero-order chi connectivity index (χ0) is 13.0. The standard InChI is InChI=1S/C16H13ClO/c1-12-5-8-14(9-6-12)16(18)10-7-13-3-2-4-15(17)11-13/h2-11H,1H3/b10-7-. The molecule has 0 saturated carbocycles. The van der Waals surface area contributed by atoms with Gasteiger partial charge in [0.2, 0.25) is 0 Å². The number of ketones is 1. The minimum Gasteiger partial charge on any atom is -0.289 e. The molecule has 0 spiro atoms. The molecule has 2 aromatic rings. The van der Waals surface area contributed by atoms with Gasteiger partial charge in [-0.2, -0.15) is 0 Å². The van der Waals surface area contributed by atoms with Crippen LogP contribution >= 0.6 is 11.6 Å². The zero-order valence-corrected chi connectivity index (χ0v) is 10.8. The van der Waals surface area contributed by atoms with E-state index in [-0.39, 0.29) is 5.78 Å². The number of rotatable bonds is 3. The third-order valence-electron chi connectivity index (χ3n) is 2.61. The van der Waals surface area contributed by atoms with Crippen molar-refractivity contribution in [2.45, 2.75) is 6.92 Å². The van der Waals surface area contributed by atoms with E-state index in [0.29, 0.717) is 10.6 Å². The summed E-state index contributed by atoms with van der Waals surface area (Å²) >= 11 is 5.88. The average molecular weight is 257 g/mol. The van der Waals surface area contributed by atoms with Gasteiger partial charge in [0, 0.05) is 10.6 Å². The van der Waals surface area contributed by atoms with Gasteiger partial charge in [-0.1, -0.05) is 59.6 Å². The Morgan fingerprint density at radius 3 is 2.50 bits per heavy atom. The molecule has 18 heavy (non-hydrogen) atoms. The molecule has 0 bridgehead atoms. The van der Waals surface area contributed by atoms with Gasteiger partial charge in [0.25, 0.3) is 0 Å². The van der Waals surface area contributed by atoms with Gasteiger partial charge < -0.3 is 0 Å². The minimum absolute atomic E-state index is 0.00465. The van der Waals surface area contributed by atoms with Crippen LogP contribution in [0.2, 0.25) is 5.02 Å². The van der Waals surface area contributed by atoms with Gasteiger partial charge >= 0.3 is 0 Å². The predicted molar refractivity (Wildman–Crippen MR) is 76.0 cm³/mol. The lowest BCUT2D eigenvalue weighted by Gasteiger charge is -1.97. The normalized spacial score (nSPS) is 10.8. The number of benzene rings is 2. The predicted octanol–water partition coefficient (Wildman–Crippen LogP) is 4.54. The van der Waals surface area contributed by atoms with Crippen molar-refractivity contribution < 1.29 is 4.79 Å². The Morgan fingerprint density at radius 1 is 1.11 bits per heavy atom. The molecular weight excluding hydrogens is 244 g/mol. The smallest absolute Gasteiger partial charge is 0.185 e. The Kier molecular flexibility index (Phi) is 3.96. The largest absolute Gasteiger partial charge is 0.289 e. The Morgan fingerprint density at radius 2 is 1.83 bits per heavy atom. The second kappa shape index (κ2) is 5.65. The summed E-state index contributed by atoms with van der Waals surface area (Å²) in [5.41, 5.74) is 2.76. The number of hydrogen-bond acceptors (Lipinski definition) is 1. The summed E-state index contributed by atoms with van der Waals surface area (Å²) in [6.45, 7) is 2.00. The van der Waals surface area contributed by atoms with E-state index in [4.69, 9.17) is 11.6 Å². The molecule has 0 heterocycles. The molecule has 0 saturated heterocycles. The molecule has 2 aromatic carbocycles. The SMILES string of the molecule is Cc1ccc(C(=O)/C=C\c2cccc(Cl)c2)cc1. The molecule has 0 aliphatic carbocycles. The van der Waals surface area contributed by atoms with E-state index in [1.54, 1.807) is 18.2 Å².